The minimum Gasteiger partial charge on any atom is -0.489 e. The number of likely N-dealkylation sites (N-methyl/N-ethyl adjacent to an activating group) is 1. The van der Waals surface area contributed by atoms with E-state index in [4.69, 9.17) is 4.74 Å². The molecule has 0 bridgehead atoms. The maximum Gasteiger partial charge on any atom is 0.325 e. The molecule has 0 aliphatic carbocycles. The number of aryl methyl sites for hydroxylation is 1. The van der Waals surface area contributed by atoms with Crippen LogP contribution in [0.3, 0.4) is 0 Å². The zero-order chi connectivity index (χ0) is 25.5. The molecule has 0 radical (unpaired) electrons. The molecule has 3 amide bonds. The van der Waals surface area contributed by atoms with Gasteiger partial charge in [0.05, 0.1) is 0 Å². The number of fused-ring (bicyclic) bond motifs is 3. The fraction of sp³-hybridized carbons (Fsp3) is 0.214. The Hall–Kier alpha value is -4.66. The molecule has 1 fully saturated rings. The Balaban J connectivity index is 1.33. The highest BCUT2D eigenvalue weighted by atomic mass is 16.5. The topological polar surface area (TPSA) is 92.6 Å². The summed E-state index contributed by atoms with van der Waals surface area (Å²) in [6.07, 6.45) is -0.569. The van der Waals surface area contributed by atoms with E-state index in [0.29, 0.717) is 24.9 Å². The zero-order valence-electron chi connectivity index (χ0n) is 20.5. The Kier molecular flexibility index (Phi) is 5.60. The molecule has 2 aliphatic heterocycles. The number of benzene rings is 3. The minimum atomic E-state index is -0.624. The lowest BCUT2D eigenvalue weighted by Gasteiger charge is -2.37. The first-order valence-electron chi connectivity index (χ1n) is 12.1. The summed E-state index contributed by atoms with van der Waals surface area (Å²) in [5.74, 6) is 1.52. The van der Waals surface area contributed by atoms with Gasteiger partial charge in [-0.3, -0.25) is 14.7 Å². The molecular formula is C28H26N6O3. The number of aromatic nitrogens is 3. The van der Waals surface area contributed by atoms with Crippen LogP contribution in [-0.2, 0) is 17.9 Å². The second-order valence-electron chi connectivity index (χ2n) is 9.37. The smallest absolute Gasteiger partial charge is 0.325 e. The second kappa shape index (κ2) is 9.09. The maximum absolute atomic E-state index is 13.1. The van der Waals surface area contributed by atoms with Crippen LogP contribution in [0.2, 0.25) is 0 Å². The standard InChI is InChI=1S/C28H26N6O3/c1-18-7-6-10-20(15-18)16-33-23-25(35)29-28(36)32(2)26(23)34-24(30-31-27(33)34)21-11-13-22(14-12-21)37-17-19-8-4-3-5-9-19/h3-15,23,26H,16-17H2,1-2H3,(H,29,35,36). The van der Waals surface area contributed by atoms with Crippen molar-refractivity contribution in [1.29, 1.82) is 0 Å². The molecule has 9 heteroatoms. The molecule has 1 aromatic heterocycles. The molecule has 2 aliphatic rings. The largest absolute Gasteiger partial charge is 0.489 e. The van der Waals surface area contributed by atoms with Gasteiger partial charge in [-0.05, 0) is 42.3 Å². The van der Waals surface area contributed by atoms with Crippen molar-refractivity contribution in [3.05, 3.63) is 95.6 Å². The van der Waals surface area contributed by atoms with E-state index in [0.717, 1.165) is 28.0 Å². The number of nitrogens with zero attached hydrogens (tertiary/aromatic N) is 5. The molecule has 3 aromatic carbocycles. The van der Waals surface area contributed by atoms with E-state index >= 15 is 0 Å². The van der Waals surface area contributed by atoms with E-state index in [-0.39, 0.29) is 5.91 Å². The van der Waals surface area contributed by atoms with Crippen LogP contribution in [-0.4, -0.2) is 44.7 Å². The third kappa shape index (κ3) is 4.08. The number of nitrogens with one attached hydrogen (secondary N) is 1. The van der Waals surface area contributed by atoms with Crippen molar-refractivity contribution >= 4 is 17.9 Å². The van der Waals surface area contributed by atoms with Crippen molar-refractivity contribution in [2.45, 2.75) is 32.3 Å². The molecule has 0 saturated carbocycles. The second-order valence-corrected chi connectivity index (χ2v) is 9.37. The summed E-state index contributed by atoms with van der Waals surface area (Å²) in [6, 6.07) is 24.6. The van der Waals surface area contributed by atoms with Gasteiger partial charge in [0.25, 0.3) is 5.91 Å². The summed E-state index contributed by atoms with van der Waals surface area (Å²) in [4.78, 5) is 29.1. The minimum absolute atomic E-state index is 0.345. The number of carbonyl (C=O) groups is 2. The summed E-state index contributed by atoms with van der Waals surface area (Å²) in [5, 5.41) is 11.4. The van der Waals surface area contributed by atoms with Crippen molar-refractivity contribution < 1.29 is 14.3 Å². The number of hydrogen-bond donors (Lipinski definition) is 1. The molecule has 4 aromatic rings. The van der Waals surface area contributed by atoms with Crippen LogP contribution < -0.4 is 15.0 Å². The molecule has 0 spiro atoms. The summed E-state index contributed by atoms with van der Waals surface area (Å²) in [7, 11) is 1.68. The lowest BCUT2D eigenvalue weighted by atomic mass is 10.1. The average Bonchev–Trinajstić information content (AvgIpc) is 3.46. The summed E-state index contributed by atoms with van der Waals surface area (Å²) in [5.41, 5.74) is 4.08. The van der Waals surface area contributed by atoms with Gasteiger partial charge in [0.1, 0.15) is 18.5 Å². The Bertz CT molecular complexity index is 1470. The fourth-order valence-electron chi connectivity index (χ4n) is 5.01. The van der Waals surface area contributed by atoms with E-state index in [1.807, 2.05) is 89.2 Å². The Morgan fingerprint density at radius 1 is 0.919 bits per heavy atom. The number of amides is 3. The van der Waals surface area contributed by atoms with Crippen LogP contribution >= 0.6 is 0 Å². The van der Waals surface area contributed by atoms with E-state index < -0.39 is 18.2 Å². The summed E-state index contributed by atoms with van der Waals surface area (Å²) in [6.45, 7) is 2.97. The van der Waals surface area contributed by atoms with Gasteiger partial charge in [0.2, 0.25) is 5.95 Å². The van der Waals surface area contributed by atoms with E-state index in [2.05, 4.69) is 21.6 Å². The van der Waals surface area contributed by atoms with Gasteiger partial charge in [-0.1, -0.05) is 60.2 Å². The number of ether oxygens (including phenoxy) is 1. The molecule has 1 saturated heterocycles. The molecule has 3 heterocycles. The highest BCUT2D eigenvalue weighted by Crippen LogP contribution is 2.41. The van der Waals surface area contributed by atoms with Gasteiger partial charge >= 0.3 is 6.03 Å². The highest BCUT2D eigenvalue weighted by molar-refractivity contribution is 6.02. The molecule has 2 unspecified atom stereocenters. The van der Waals surface area contributed by atoms with Gasteiger partial charge in [-0.2, -0.15) is 0 Å². The van der Waals surface area contributed by atoms with Crippen molar-refractivity contribution in [1.82, 2.24) is 25.0 Å². The Labute approximate surface area is 214 Å². The van der Waals surface area contributed by atoms with Crippen LogP contribution in [0.15, 0.2) is 78.9 Å². The van der Waals surface area contributed by atoms with Gasteiger partial charge in [0, 0.05) is 19.2 Å². The first-order valence-corrected chi connectivity index (χ1v) is 12.1. The Morgan fingerprint density at radius 2 is 1.68 bits per heavy atom. The molecule has 186 valence electrons. The lowest BCUT2D eigenvalue weighted by molar-refractivity contribution is -0.124. The predicted octanol–water partition coefficient (Wildman–Crippen LogP) is 3.90. The number of anilines is 1. The lowest BCUT2D eigenvalue weighted by Crippen LogP contribution is -2.61. The normalized spacial score (nSPS) is 18.4. The van der Waals surface area contributed by atoms with Crippen LogP contribution in [0, 0.1) is 6.92 Å². The van der Waals surface area contributed by atoms with Crippen molar-refractivity contribution in [2.24, 2.45) is 0 Å². The number of imide groups is 1. The average molecular weight is 495 g/mol. The first-order chi connectivity index (χ1) is 18.0. The van der Waals surface area contributed by atoms with E-state index in [1.165, 1.54) is 4.90 Å². The maximum atomic E-state index is 13.1. The molecule has 37 heavy (non-hydrogen) atoms. The van der Waals surface area contributed by atoms with E-state index in [9.17, 15) is 9.59 Å². The summed E-state index contributed by atoms with van der Waals surface area (Å²) < 4.78 is 7.81. The number of hydrogen-bond acceptors (Lipinski definition) is 6. The number of urea groups is 1. The van der Waals surface area contributed by atoms with Crippen LogP contribution in [0.1, 0.15) is 22.9 Å². The van der Waals surface area contributed by atoms with Gasteiger partial charge in [-0.15, -0.1) is 10.2 Å². The monoisotopic (exact) mass is 494 g/mol. The van der Waals surface area contributed by atoms with E-state index in [1.54, 1.807) is 7.05 Å². The molecule has 9 nitrogen and oxygen atoms in total. The highest BCUT2D eigenvalue weighted by Gasteiger charge is 2.52. The van der Waals surface area contributed by atoms with Gasteiger partial charge in [-0.25, -0.2) is 4.79 Å². The third-order valence-electron chi connectivity index (χ3n) is 6.83. The fourth-order valence-corrected chi connectivity index (χ4v) is 5.01. The molecular weight excluding hydrogens is 468 g/mol. The predicted molar refractivity (Wildman–Crippen MR) is 138 cm³/mol. The summed E-state index contributed by atoms with van der Waals surface area (Å²) >= 11 is 0. The van der Waals surface area contributed by atoms with Crippen LogP contribution in [0.4, 0.5) is 10.7 Å². The Morgan fingerprint density at radius 3 is 2.43 bits per heavy atom. The first kappa shape index (κ1) is 22.8. The SMILES string of the molecule is Cc1cccc(CN2c3nnc(-c4ccc(OCc5ccccc5)cc4)n3C3C2C(=O)NC(=O)N3C)c1. The van der Waals surface area contributed by atoms with Crippen molar-refractivity contribution in [3.8, 4) is 17.1 Å². The van der Waals surface area contributed by atoms with Crippen molar-refractivity contribution in [3.63, 3.8) is 0 Å². The molecule has 6 rings (SSSR count). The number of carbonyl (C=O) groups excluding carboxylic acids is 2. The van der Waals surface area contributed by atoms with Crippen molar-refractivity contribution in [2.75, 3.05) is 11.9 Å². The van der Waals surface area contributed by atoms with Gasteiger partial charge < -0.3 is 14.5 Å². The third-order valence-corrected chi connectivity index (χ3v) is 6.83. The molecule has 1 N–H and O–H groups in total. The molecule has 2 atom stereocenters. The zero-order valence-corrected chi connectivity index (χ0v) is 20.5. The number of rotatable bonds is 6. The quantitative estimate of drug-likeness (QED) is 0.437. The van der Waals surface area contributed by atoms with Crippen LogP contribution in [0.5, 0.6) is 5.75 Å². The van der Waals surface area contributed by atoms with Crippen LogP contribution in [0.25, 0.3) is 11.4 Å². The van der Waals surface area contributed by atoms with Gasteiger partial charge in [0.15, 0.2) is 11.9 Å².